The fraction of sp³-hybridized carbons (Fsp3) is 0. The van der Waals surface area contributed by atoms with Crippen molar-refractivity contribution in [2.75, 3.05) is 0 Å². The first kappa shape index (κ1) is 10.1. The summed E-state index contributed by atoms with van der Waals surface area (Å²) in [6.07, 6.45) is 0. The van der Waals surface area contributed by atoms with E-state index >= 15 is 0 Å². The van der Waals surface area contributed by atoms with Crippen LogP contribution >= 0.6 is 31.9 Å². The van der Waals surface area contributed by atoms with Crippen molar-refractivity contribution >= 4 is 37.5 Å². The first-order chi connectivity index (χ1) is 6.06. The molecule has 1 aromatic heterocycles. The highest BCUT2D eigenvalue weighted by Crippen LogP contribution is 2.29. The SMILES string of the molecule is N#Cc1nc(Br)cc([N+](=O)[O-])c1Br. The van der Waals surface area contributed by atoms with Crippen molar-refractivity contribution in [2.45, 2.75) is 0 Å². The lowest BCUT2D eigenvalue weighted by Gasteiger charge is -1.97. The average molecular weight is 307 g/mol. The molecular formula is C6HBr2N3O2. The lowest BCUT2D eigenvalue weighted by atomic mass is 10.3. The van der Waals surface area contributed by atoms with Gasteiger partial charge in [-0.1, -0.05) is 0 Å². The maximum atomic E-state index is 10.5. The largest absolute Gasteiger partial charge is 0.289 e. The first-order valence-electron chi connectivity index (χ1n) is 2.96. The molecule has 0 spiro atoms. The summed E-state index contributed by atoms with van der Waals surface area (Å²) in [6.45, 7) is 0. The van der Waals surface area contributed by atoms with Crippen LogP contribution in [0.25, 0.3) is 0 Å². The Balaban J connectivity index is 3.47. The van der Waals surface area contributed by atoms with Crippen LogP contribution in [0.3, 0.4) is 0 Å². The molecule has 0 N–H and O–H groups in total. The van der Waals surface area contributed by atoms with Gasteiger partial charge in [0.2, 0.25) is 0 Å². The van der Waals surface area contributed by atoms with E-state index in [1.165, 1.54) is 6.07 Å². The third kappa shape index (κ3) is 2.02. The molecule has 0 atom stereocenters. The van der Waals surface area contributed by atoms with Crippen LogP contribution in [0.1, 0.15) is 5.69 Å². The van der Waals surface area contributed by atoms with Gasteiger partial charge in [0.05, 0.1) is 11.0 Å². The second-order valence-electron chi connectivity index (χ2n) is 2.00. The van der Waals surface area contributed by atoms with Crippen LogP contribution in [0.4, 0.5) is 5.69 Å². The van der Waals surface area contributed by atoms with Gasteiger partial charge in [0.1, 0.15) is 15.1 Å². The molecule has 0 aliphatic heterocycles. The topological polar surface area (TPSA) is 79.8 Å². The molecule has 5 nitrogen and oxygen atoms in total. The Bertz CT molecular complexity index is 413. The van der Waals surface area contributed by atoms with E-state index in [1.807, 2.05) is 0 Å². The van der Waals surface area contributed by atoms with Gasteiger partial charge in [-0.25, -0.2) is 4.98 Å². The van der Waals surface area contributed by atoms with Gasteiger partial charge in [-0.15, -0.1) is 0 Å². The van der Waals surface area contributed by atoms with E-state index in [1.54, 1.807) is 6.07 Å². The van der Waals surface area contributed by atoms with E-state index < -0.39 is 4.92 Å². The molecule has 13 heavy (non-hydrogen) atoms. The molecule has 0 radical (unpaired) electrons. The van der Waals surface area contributed by atoms with Crippen LogP contribution in [0.15, 0.2) is 15.1 Å². The number of halogens is 2. The molecule has 0 bridgehead atoms. The Morgan fingerprint density at radius 1 is 1.62 bits per heavy atom. The molecule has 0 saturated heterocycles. The van der Waals surface area contributed by atoms with Gasteiger partial charge in [-0.2, -0.15) is 5.26 Å². The molecule has 0 amide bonds. The minimum atomic E-state index is -0.586. The van der Waals surface area contributed by atoms with Crippen molar-refractivity contribution < 1.29 is 4.92 Å². The van der Waals surface area contributed by atoms with Crippen molar-refractivity contribution in [3.05, 3.63) is 31.0 Å². The van der Waals surface area contributed by atoms with Gasteiger partial charge in [0.15, 0.2) is 5.69 Å². The summed E-state index contributed by atoms with van der Waals surface area (Å²) in [4.78, 5) is 13.6. The molecule has 7 heteroatoms. The van der Waals surface area contributed by atoms with Crippen molar-refractivity contribution in [2.24, 2.45) is 0 Å². The van der Waals surface area contributed by atoms with Gasteiger partial charge >= 0.3 is 0 Å². The van der Waals surface area contributed by atoms with Crippen LogP contribution in [-0.2, 0) is 0 Å². The van der Waals surface area contributed by atoms with E-state index in [9.17, 15) is 10.1 Å². The predicted molar refractivity (Wildman–Crippen MR) is 51.0 cm³/mol. The summed E-state index contributed by atoms with van der Waals surface area (Å²) in [6, 6.07) is 2.97. The quantitative estimate of drug-likeness (QED) is 0.453. The molecule has 1 heterocycles. The highest BCUT2D eigenvalue weighted by atomic mass is 79.9. The summed E-state index contributed by atoms with van der Waals surface area (Å²) < 4.78 is 0.363. The number of nitro groups is 1. The molecule has 0 aromatic carbocycles. The molecular weight excluding hydrogens is 306 g/mol. The van der Waals surface area contributed by atoms with Crippen molar-refractivity contribution in [1.29, 1.82) is 5.26 Å². The predicted octanol–water partition coefficient (Wildman–Crippen LogP) is 2.39. The molecule has 0 aliphatic carbocycles. The van der Waals surface area contributed by atoms with E-state index in [0.29, 0.717) is 0 Å². The number of nitrogens with zero attached hydrogens (tertiary/aromatic N) is 3. The zero-order valence-electron chi connectivity index (χ0n) is 5.99. The fourth-order valence-electron chi connectivity index (χ4n) is 0.693. The fourth-order valence-corrected chi connectivity index (χ4v) is 1.52. The number of hydrogen-bond donors (Lipinski definition) is 0. The Labute approximate surface area is 89.8 Å². The lowest BCUT2D eigenvalue weighted by Crippen LogP contribution is -1.94. The van der Waals surface area contributed by atoms with Crippen molar-refractivity contribution in [3.8, 4) is 6.07 Å². The normalized spacial score (nSPS) is 9.31. The molecule has 1 aromatic rings. The standard InChI is InChI=1S/C6HBr2N3O2/c7-5-1-4(11(12)13)6(8)3(2-9)10-5/h1H. The molecule has 66 valence electrons. The van der Waals surface area contributed by atoms with Crippen LogP contribution < -0.4 is 0 Å². The number of rotatable bonds is 1. The number of aromatic nitrogens is 1. The summed E-state index contributed by atoms with van der Waals surface area (Å²) in [5.41, 5.74) is -0.195. The zero-order chi connectivity index (χ0) is 10.0. The zero-order valence-corrected chi connectivity index (χ0v) is 9.16. The van der Waals surface area contributed by atoms with Crippen LogP contribution in [0.5, 0.6) is 0 Å². The third-order valence-electron chi connectivity index (χ3n) is 1.21. The van der Waals surface area contributed by atoms with Crippen LogP contribution in [0.2, 0.25) is 0 Å². The molecule has 0 fully saturated rings. The van der Waals surface area contributed by atoms with Gasteiger partial charge in [-0.05, 0) is 31.9 Å². The van der Waals surface area contributed by atoms with E-state index in [4.69, 9.17) is 5.26 Å². The Hall–Kier alpha value is -1.00. The molecule has 0 saturated carbocycles. The number of pyridine rings is 1. The summed E-state index contributed by atoms with van der Waals surface area (Å²) in [5.74, 6) is 0. The second kappa shape index (κ2) is 3.81. The van der Waals surface area contributed by atoms with E-state index in [-0.39, 0.29) is 20.5 Å². The summed E-state index contributed by atoms with van der Waals surface area (Å²) in [5, 5.41) is 19.0. The summed E-state index contributed by atoms with van der Waals surface area (Å²) >= 11 is 5.90. The molecule has 0 aliphatic rings. The molecule has 0 unspecified atom stereocenters. The van der Waals surface area contributed by atoms with Gasteiger partial charge in [-0.3, -0.25) is 10.1 Å². The molecule has 1 rings (SSSR count). The Kier molecular flexibility index (Phi) is 2.95. The van der Waals surface area contributed by atoms with Crippen molar-refractivity contribution in [3.63, 3.8) is 0 Å². The average Bonchev–Trinajstić information content (AvgIpc) is 2.08. The maximum Gasteiger partial charge on any atom is 0.289 e. The van der Waals surface area contributed by atoms with Crippen molar-refractivity contribution in [1.82, 2.24) is 4.98 Å². The van der Waals surface area contributed by atoms with Gasteiger partial charge in [0.25, 0.3) is 5.69 Å². The number of nitriles is 1. The highest BCUT2D eigenvalue weighted by Gasteiger charge is 2.17. The lowest BCUT2D eigenvalue weighted by molar-refractivity contribution is -0.385. The monoisotopic (exact) mass is 305 g/mol. The highest BCUT2D eigenvalue weighted by molar-refractivity contribution is 9.11. The Morgan fingerprint density at radius 3 is 2.69 bits per heavy atom. The minimum Gasteiger partial charge on any atom is -0.258 e. The van der Waals surface area contributed by atoms with Crippen LogP contribution in [-0.4, -0.2) is 9.91 Å². The van der Waals surface area contributed by atoms with Crippen LogP contribution in [0, 0.1) is 21.4 Å². The minimum absolute atomic E-state index is 0.0129. The van der Waals surface area contributed by atoms with Gasteiger partial charge in [0, 0.05) is 0 Å². The smallest absolute Gasteiger partial charge is 0.258 e. The van der Waals surface area contributed by atoms with E-state index in [2.05, 4.69) is 36.8 Å². The first-order valence-corrected chi connectivity index (χ1v) is 4.55. The second-order valence-corrected chi connectivity index (χ2v) is 3.60. The van der Waals surface area contributed by atoms with E-state index in [0.717, 1.165) is 0 Å². The summed E-state index contributed by atoms with van der Waals surface area (Å²) in [7, 11) is 0. The maximum absolute atomic E-state index is 10.5. The van der Waals surface area contributed by atoms with Gasteiger partial charge < -0.3 is 0 Å². The third-order valence-corrected chi connectivity index (χ3v) is 2.40. The Morgan fingerprint density at radius 2 is 2.23 bits per heavy atom. The number of hydrogen-bond acceptors (Lipinski definition) is 4.